The van der Waals surface area contributed by atoms with Crippen LogP contribution in [-0.2, 0) is 11.3 Å². The second-order valence-corrected chi connectivity index (χ2v) is 7.25. The minimum atomic E-state index is -4.70. The molecular formula is C23H22F3N3O2. The maximum atomic E-state index is 12.2. The zero-order valence-corrected chi connectivity index (χ0v) is 16.7. The molecule has 1 N–H and O–H groups in total. The van der Waals surface area contributed by atoms with E-state index < -0.39 is 6.36 Å². The number of hydrogen-bond acceptors (Lipinski definition) is 5. The number of nitrogens with zero attached hydrogens (tertiary/aromatic N) is 2. The van der Waals surface area contributed by atoms with Crippen LogP contribution in [0, 0.1) is 0 Å². The molecule has 162 valence electrons. The molecule has 1 aliphatic heterocycles. The number of rotatable bonds is 6. The lowest BCUT2D eigenvalue weighted by atomic mass is 10.1. The van der Waals surface area contributed by atoms with Gasteiger partial charge in [0.1, 0.15) is 11.6 Å². The predicted octanol–water partition coefficient (Wildman–Crippen LogP) is 5.30. The first-order valence-electron chi connectivity index (χ1n) is 9.91. The Morgan fingerprint density at radius 1 is 1.03 bits per heavy atom. The minimum absolute atomic E-state index is 0.0631. The van der Waals surface area contributed by atoms with Crippen LogP contribution < -0.4 is 10.1 Å². The molecule has 5 nitrogen and oxygen atoms in total. The van der Waals surface area contributed by atoms with Gasteiger partial charge in [-0.15, -0.1) is 13.2 Å². The number of nitrogens with one attached hydrogen (secondary N) is 1. The van der Waals surface area contributed by atoms with Crippen molar-refractivity contribution < 1.29 is 22.6 Å². The fourth-order valence-electron chi connectivity index (χ4n) is 3.45. The monoisotopic (exact) mass is 429 g/mol. The van der Waals surface area contributed by atoms with E-state index in [4.69, 9.17) is 4.74 Å². The Balaban J connectivity index is 1.32. The standard InChI is InChI=1S/C23H22F3N3O2/c24-23(25,26)31-20-9-7-19(8-10-20)28-22-11-6-17(14-27-22)15-29-12-13-30-21(16-29)18-4-2-1-3-5-18/h1-11,14,21H,12-13,15-16H2,(H,27,28). The summed E-state index contributed by atoms with van der Waals surface area (Å²) in [4.78, 5) is 6.76. The highest BCUT2D eigenvalue weighted by atomic mass is 19.4. The normalized spacial score (nSPS) is 17.3. The molecule has 0 bridgehead atoms. The average molecular weight is 429 g/mol. The van der Waals surface area contributed by atoms with Gasteiger partial charge in [0, 0.05) is 31.5 Å². The third kappa shape index (κ3) is 6.19. The second kappa shape index (κ2) is 9.36. The maximum absolute atomic E-state index is 12.2. The van der Waals surface area contributed by atoms with Gasteiger partial charge >= 0.3 is 6.36 Å². The molecular weight excluding hydrogens is 407 g/mol. The van der Waals surface area contributed by atoms with E-state index in [1.807, 2.05) is 30.3 Å². The minimum Gasteiger partial charge on any atom is -0.406 e. The topological polar surface area (TPSA) is 46.6 Å². The summed E-state index contributed by atoms with van der Waals surface area (Å²) in [6.45, 7) is 3.12. The van der Waals surface area contributed by atoms with Gasteiger partial charge in [-0.2, -0.15) is 0 Å². The van der Waals surface area contributed by atoms with Crippen molar-refractivity contribution in [1.29, 1.82) is 0 Å². The summed E-state index contributed by atoms with van der Waals surface area (Å²) in [7, 11) is 0. The molecule has 0 radical (unpaired) electrons. The van der Waals surface area contributed by atoms with E-state index >= 15 is 0 Å². The first-order valence-corrected chi connectivity index (χ1v) is 9.91. The van der Waals surface area contributed by atoms with Gasteiger partial charge in [-0.1, -0.05) is 36.4 Å². The van der Waals surface area contributed by atoms with Gasteiger partial charge < -0.3 is 14.8 Å². The first-order chi connectivity index (χ1) is 14.9. The van der Waals surface area contributed by atoms with E-state index in [-0.39, 0.29) is 11.9 Å². The molecule has 1 fully saturated rings. The smallest absolute Gasteiger partial charge is 0.406 e. The van der Waals surface area contributed by atoms with Crippen LogP contribution in [0.4, 0.5) is 24.7 Å². The van der Waals surface area contributed by atoms with Crippen molar-refractivity contribution >= 4 is 11.5 Å². The van der Waals surface area contributed by atoms with Crippen molar-refractivity contribution in [2.75, 3.05) is 25.0 Å². The van der Waals surface area contributed by atoms with E-state index in [0.29, 0.717) is 18.1 Å². The number of pyridine rings is 1. The molecule has 1 aromatic heterocycles. The Bertz CT molecular complexity index is 964. The molecule has 1 aliphatic rings. The molecule has 8 heteroatoms. The largest absolute Gasteiger partial charge is 0.573 e. The van der Waals surface area contributed by atoms with E-state index in [2.05, 4.69) is 32.1 Å². The fraction of sp³-hybridized carbons (Fsp3) is 0.261. The van der Waals surface area contributed by atoms with Gasteiger partial charge in [0.15, 0.2) is 0 Å². The Morgan fingerprint density at radius 3 is 2.48 bits per heavy atom. The number of anilines is 2. The molecule has 2 aromatic carbocycles. The van der Waals surface area contributed by atoms with E-state index in [1.165, 1.54) is 29.8 Å². The van der Waals surface area contributed by atoms with Crippen LogP contribution in [0.1, 0.15) is 17.2 Å². The van der Waals surface area contributed by atoms with Gasteiger partial charge in [-0.05, 0) is 41.5 Å². The summed E-state index contributed by atoms with van der Waals surface area (Å²) in [5, 5.41) is 3.07. The highest BCUT2D eigenvalue weighted by Crippen LogP contribution is 2.26. The van der Waals surface area contributed by atoms with Crippen molar-refractivity contribution in [3.05, 3.63) is 84.1 Å². The molecule has 0 aliphatic carbocycles. The summed E-state index contributed by atoms with van der Waals surface area (Å²) >= 11 is 0. The Hall–Kier alpha value is -3.10. The van der Waals surface area contributed by atoms with Crippen molar-refractivity contribution in [3.63, 3.8) is 0 Å². The van der Waals surface area contributed by atoms with Gasteiger partial charge in [0.2, 0.25) is 0 Å². The molecule has 3 aromatic rings. The first kappa shape index (κ1) is 21.1. The molecule has 4 rings (SSSR count). The SMILES string of the molecule is FC(F)(F)Oc1ccc(Nc2ccc(CN3CCOC(c4ccccc4)C3)cn2)cc1. The summed E-state index contributed by atoms with van der Waals surface area (Å²) in [5.41, 5.74) is 2.87. The number of hydrogen-bond donors (Lipinski definition) is 1. The molecule has 0 spiro atoms. The lowest BCUT2D eigenvalue weighted by Crippen LogP contribution is -2.37. The van der Waals surface area contributed by atoms with E-state index in [0.717, 1.165) is 25.2 Å². The Labute approximate surface area is 178 Å². The number of aromatic nitrogens is 1. The number of morpholine rings is 1. The van der Waals surface area contributed by atoms with E-state index in [9.17, 15) is 13.2 Å². The second-order valence-electron chi connectivity index (χ2n) is 7.25. The summed E-state index contributed by atoms with van der Waals surface area (Å²) in [6, 6.07) is 19.6. The average Bonchev–Trinajstić information content (AvgIpc) is 2.76. The van der Waals surface area contributed by atoms with Gasteiger partial charge in [0.25, 0.3) is 0 Å². The van der Waals surface area contributed by atoms with Crippen LogP contribution >= 0.6 is 0 Å². The Kier molecular flexibility index (Phi) is 6.39. The van der Waals surface area contributed by atoms with E-state index in [1.54, 1.807) is 6.20 Å². The number of alkyl halides is 3. The summed E-state index contributed by atoms with van der Waals surface area (Å²) in [5.74, 6) is 0.345. The fourth-order valence-corrected chi connectivity index (χ4v) is 3.45. The third-order valence-corrected chi connectivity index (χ3v) is 4.91. The lowest BCUT2D eigenvalue weighted by Gasteiger charge is -2.33. The molecule has 2 heterocycles. The van der Waals surface area contributed by atoms with Crippen molar-refractivity contribution in [3.8, 4) is 5.75 Å². The van der Waals surface area contributed by atoms with Crippen LogP contribution in [0.15, 0.2) is 72.9 Å². The summed E-state index contributed by atoms with van der Waals surface area (Å²) in [6.07, 6.45) is -2.84. The number of halogens is 3. The van der Waals surface area contributed by atoms with Crippen LogP contribution in [0.5, 0.6) is 5.75 Å². The van der Waals surface area contributed by atoms with Crippen LogP contribution in [0.2, 0.25) is 0 Å². The van der Waals surface area contributed by atoms with Gasteiger partial charge in [-0.25, -0.2) is 4.98 Å². The van der Waals surface area contributed by atoms with Crippen molar-refractivity contribution in [1.82, 2.24) is 9.88 Å². The maximum Gasteiger partial charge on any atom is 0.573 e. The molecule has 1 atom stereocenters. The van der Waals surface area contributed by atoms with Crippen LogP contribution in [0.3, 0.4) is 0 Å². The van der Waals surface area contributed by atoms with Gasteiger partial charge in [0.05, 0.1) is 12.7 Å². The highest BCUT2D eigenvalue weighted by molar-refractivity contribution is 5.57. The third-order valence-electron chi connectivity index (χ3n) is 4.91. The quantitative estimate of drug-likeness (QED) is 0.576. The predicted molar refractivity (Wildman–Crippen MR) is 111 cm³/mol. The molecule has 1 saturated heterocycles. The lowest BCUT2D eigenvalue weighted by molar-refractivity contribution is -0.274. The van der Waals surface area contributed by atoms with Gasteiger partial charge in [-0.3, -0.25) is 4.90 Å². The summed E-state index contributed by atoms with van der Waals surface area (Å²) < 4.78 is 46.5. The van der Waals surface area contributed by atoms with Crippen LogP contribution in [0.25, 0.3) is 0 Å². The van der Waals surface area contributed by atoms with Crippen molar-refractivity contribution in [2.45, 2.75) is 19.0 Å². The number of ether oxygens (including phenoxy) is 2. The zero-order chi connectivity index (χ0) is 21.7. The number of benzene rings is 2. The van der Waals surface area contributed by atoms with Crippen LogP contribution in [-0.4, -0.2) is 35.9 Å². The molecule has 31 heavy (non-hydrogen) atoms. The molecule has 0 amide bonds. The molecule has 1 unspecified atom stereocenters. The molecule has 0 saturated carbocycles. The zero-order valence-electron chi connectivity index (χ0n) is 16.7. The Morgan fingerprint density at radius 2 is 1.81 bits per heavy atom. The van der Waals surface area contributed by atoms with Crippen molar-refractivity contribution in [2.24, 2.45) is 0 Å². The highest BCUT2D eigenvalue weighted by Gasteiger charge is 2.31.